The third-order valence-electron chi connectivity index (χ3n) is 5.95. The molecule has 2 aliphatic rings. The van der Waals surface area contributed by atoms with Crippen molar-refractivity contribution in [2.45, 2.75) is 39.2 Å². The molecular weight excluding hydrogens is 340 g/mol. The van der Waals surface area contributed by atoms with Gasteiger partial charge in [0.1, 0.15) is 5.75 Å². The maximum absolute atomic E-state index is 13.0. The van der Waals surface area contributed by atoms with Crippen LogP contribution in [0.4, 0.5) is 0 Å². The minimum atomic E-state index is -0.341. The molecule has 2 atom stereocenters. The predicted molar refractivity (Wildman–Crippen MR) is 107 cm³/mol. The quantitative estimate of drug-likeness (QED) is 0.826. The Balaban J connectivity index is 1.72. The van der Waals surface area contributed by atoms with Crippen LogP contribution < -0.4 is 4.74 Å². The van der Waals surface area contributed by atoms with E-state index >= 15 is 0 Å². The standard InChI is InChI=1S/C22H32N2O3/c1-17(2)9-13-23-14-10-20(25)22(15-23)11-4-12-24(16-22)21(26)18-5-7-19(27-3)8-6-18/h5-9,20,25H,4,10-16H2,1-3H3/t20-,22-/m1/s1. The van der Waals surface area contributed by atoms with Crippen molar-refractivity contribution in [3.05, 3.63) is 41.5 Å². The van der Waals surface area contributed by atoms with Crippen LogP contribution >= 0.6 is 0 Å². The van der Waals surface area contributed by atoms with E-state index in [-0.39, 0.29) is 17.4 Å². The fourth-order valence-electron chi connectivity index (χ4n) is 4.36. The molecule has 0 aliphatic carbocycles. The van der Waals surface area contributed by atoms with Crippen LogP contribution in [0, 0.1) is 5.41 Å². The van der Waals surface area contributed by atoms with Crippen LogP contribution in [0.15, 0.2) is 35.9 Å². The summed E-state index contributed by atoms with van der Waals surface area (Å²) in [5.41, 5.74) is 1.78. The third kappa shape index (κ3) is 4.53. The minimum absolute atomic E-state index is 0.0466. The molecule has 0 aromatic heterocycles. The molecule has 2 heterocycles. The molecule has 2 fully saturated rings. The zero-order valence-corrected chi connectivity index (χ0v) is 16.8. The molecular formula is C22H32N2O3. The zero-order valence-electron chi connectivity index (χ0n) is 16.8. The molecule has 5 heteroatoms. The van der Waals surface area contributed by atoms with E-state index in [0.717, 1.165) is 51.2 Å². The molecule has 1 spiro atoms. The van der Waals surface area contributed by atoms with Gasteiger partial charge >= 0.3 is 0 Å². The summed E-state index contributed by atoms with van der Waals surface area (Å²) >= 11 is 0. The first kappa shape index (κ1) is 19.9. The Morgan fingerprint density at radius 3 is 2.67 bits per heavy atom. The number of benzene rings is 1. The molecule has 0 bridgehead atoms. The lowest BCUT2D eigenvalue weighted by Gasteiger charge is -2.51. The Morgan fingerprint density at radius 1 is 1.26 bits per heavy atom. The van der Waals surface area contributed by atoms with E-state index in [4.69, 9.17) is 4.74 Å². The Morgan fingerprint density at radius 2 is 2.00 bits per heavy atom. The largest absolute Gasteiger partial charge is 0.497 e. The highest BCUT2D eigenvalue weighted by Gasteiger charge is 2.46. The molecule has 0 unspecified atom stereocenters. The van der Waals surface area contributed by atoms with E-state index in [2.05, 4.69) is 24.8 Å². The number of hydrogen-bond acceptors (Lipinski definition) is 4. The van der Waals surface area contributed by atoms with E-state index in [1.165, 1.54) is 5.57 Å². The van der Waals surface area contributed by atoms with Gasteiger partial charge < -0.3 is 14.7 Å². The number of methoxy groups -OCH3 is 1. The van der Waals surface area contributed by atoms with E-state index in [0.29, 0.717) is 12.1 Å². The molecule has 148 valence electrons. The Labute approximate surface area is 162 Å². The van der Waals surface area contributed by atoms with Crippen molar-refractivity contribution < 1.29 is 14.6 Å². The van der Waals surface area contributed by atoms with Gasteiger partial charge in [-0.2, -0.15) is 0 Å². The van der Waals surface area contributed by atoms with Crippen LogP contribution in [0.3, 0.4) is 0 Å². The fourth-order valence-corrected chi connectivity index (χ4v) is 4.36. The van der Waals surface area contributed by atoms with E-state index in [9.17, 15) is 9.90 Å². The first-order valence-corrected chi connectivity index (χ1v) is 9.91. The van der Waals surface area contributed by atoms with Gasteiger partial charge in [-0.3, -0.25) is 9.69 Å². The summed E-state index contributed by atoms with van der Waals surface area (Å²) < 4.78 is 5.18. The number of likely N-dealkylation sites (tertiary alicyclic amines) is 2. The topological polar surface area (TPSA) is 53.0 Å². The summed E-state index contributed by atoms with van der Waals surface area (Å²) in [6, 6.07) is 7.29. The van der Waals surface area contributed by atoms with Crippen molar-refractivity contribution in [3.63, 3.8) is 0 Å². The third-order valence-corrected chi connectivity index (χ3v) is 5.95. The van der Waals surface area contributed by atoms with Gasteiger partial charge in [0.05, 0.1) is 13.2 Å². The summed E-state index contributed by atoms with van der Waals surface area (Å²) in [6.45, 7) is 8.30. The zero-order chi connectivity index (χ0) is 19.4. The van der Waals surface area contributed by atoms with Gasteiger partial charge in [0, 0.05) is 43.7 Å². The van der Waals surface area contributed by atoms with Crippen LogP contribution in [0.2, 0.25) is 0 Å². The molecule has 2 saturated heterocycles. The number of aliphatic hydroxyl groups excluding tert-OH is 1. The predicted octanol–water partition coefficient (Wildman–Crippen LogP) is 2.95. The number of aliphatic hydroxyl groups is 1. The number of nitrogens with zero attached hydrogens (tertiary/aromatic N) is 2. The first-order valence-electron chi connectivity index (χ1n) is 9.91. The Bertz CT molecular complexity index is 681. The van der Waals surface area contributed by atoms with Gasteiger partial charge in [0.25, 0.3) is 5.91 Å². The first-order chi connectivity index (χ1) is 12.9. The lowest BCUT2D eigenvalue weighted by Crippen LogP contribution is -2.59. The highest BCUT2D eigenvalue weighted by Crippen LogP contribution is 2.39. The summed E-state index contributed by atoms with van der Waals surface area (Å²) in [6.07, 6.45) is 4.60. The molecule has 2 aliphatic heterocycles. The van der Waals surface area contributed by atoms with Crippen molar-refractivity contribution in [1.29, 1.82) is 0 Å². The molecule has 1 N–H and O–H groups in total. The fraction of sp³-hybridized carbons (Fsp3) is 0.591. The van der Waals surface area contributed by atoms with E-state index in [1.54, 1.807) is 7.11 Å². The molecule has 0 saturated carbocycles. The smallest absolute Gasteiger partial charge is 0.253 e. The number of allylic oxidation sites excluding steroid dienone is 1. The van der Waals surface area contributed by atoms with Gasteiger partial charge in [-0.05, 0) is 57.4 Å². The van der Waals surface area contributed by atoms with Crippen LogP contribution in [0.1, 0.15) is 43.5 Å². The van der Waals surface area contributed by atoms with Crippen molar-refractivity contribution in [2.75, 3.05) is 39.8 Å². The van der Waals surface area contributed by atoms with Crippen LogP contribution in [0.25, 0.3) is 0 Å². The van der Waals surface area contributed by atoms with Crippen LogP contribution in [-0.4, -0.2) is 66.8 Å². The molecule has 5 nitrogen and oxygen atoms in total. The van der Waals surface area contributed by atoms with E-state index < -0.39 is 0 Å². The number of hydrogen-bond donors (Lipinski definition) is 1. The van der Waals surface area contributed by atoms with Crippen molar-refractivity contribution >= 4 is 5.91 Å². The van der Waals surface area contributed by atoms with Crippen molar-refractivity contribution in [3.8, 4) is 5.75 Å². The van der Waals surface area contributed by atoms with Crippen LogP contribution in [0.5, 0.6) is 5.75 Å². The number of amides is 1. The second kappa shape index (κ2) is 8.44. The van der Waals surface area contributed by atoms with Gasteiger partial charge in [0.15, 0.2) is 0 Å². The second-order valence-electron chi connectivity index (χ2n) is 8.24. The molecule has 1 amide bonds. The SMILES string of the molecule is COc1ccc(C(=O)N2CCC[C@@]3(CN(CC=C(C)C)CC[C@H]3O)C2)cc1. The lowest BCUT2D eigenvalue weighted by atomic mass is 9.71. The molecule has 0 radical (unpaired) electrons. The number of carbonyl (C=O) groups excluding carboxylic acids is 1. The Hall–Kier alpha value is -1.85. The molecule has 27 heavy (non-hydrogen) atoms. The molecule has 1 aromatic carbocycles. The number of piperidine rings is 2. The van der Waals surface area contributed by atoms with Crippen molar-refractivity contribution in [2.24, 2.45) is 5.41 Å². The maximum Gasteiger partial charge on any atom is 0.253 e. The number of rotatable bonds is 4. The summed E-state index contributed by atoms with van der Waals surface area (Å²) in [5, 5.41) is 10.8. The van der Waals surface area contributed by atoms with Gasteiger partial charge in [-0.25, -0.2) is 0 Å². The summed E-state index contributed by atoms with van der Waals surface area (Å²) in [7, 11) is 1.62. The molecule has 1 aromatic rings. The monoisotopic (exact) mass is 372 g/mol. The second-order valence-corrected chi connectivity index (χ2v) is 8.24. The average Bonchev–Trinajstić information content (AvgIpc) is 2.68. The highest BCUT2D eigenvalue weighted by molar-refractivity contribution is 5.94. The number of ether oxygens (including phenoxy) is 1. The summed E-state index contributed by atoms with van der Waals surface area (Å²) in [5.74, 6) is 0.796. The lowest BCUT2D eigenvalue weighted by molar-refractivity contribution is -0.0762. The van der Waals surface area contributed by atoms with Gasteiger partial charge in [-0.15, -0.1) is 0 Å². The minimum Gasteiger partial charge on any atom is -0.497 e. The Kier molecular flexibility index (Phi) is 6.22. The van der Waals surface area contributed by atoms with E-state index in [1.807, 2.05) is 29.2 Å². The maximum atomic E-state index is 13.0. The van der Waals surface area contributed by atoms with Crippen molar-refractivity contribution in [1.82, 2.24) is 9.80 Å². The number of carbonyl (C=O) groups is 1. The summed E-state index contributed by atoms with van der Waals surface area (Å²) in [4.78, 5) is 17.4. The molecule has 3 rings (SSSR count). The van der Waals surface area contributed by atoms with Crippen LogP contribution in [-0.2, 0) is 0 Å². The normalized spacial score (nSPS) is 26.1. The highest BCUT2D eigenvalue weighted by atomic mass is 16.5. The van der Waals surface area contributed by atoms with Gasteiger partial charge in [0.2, 0.25) is 0 Å². The average molecular weight is 373 g/mol. The van der Waals surface area contributed by atoms with Gasteiger partial charge in [-0.1, -0.05) is 11.6 Å².